The first-order valence-electron chi connectivity index (χ1n) is 8.90. The quantitative estimate of drug-likeness (QED) is 0.188. The molecular weight excluding hydrogens is 403 g/mol. The van der Waals surface area contributed by atoms with E-state index >= 15 is 0 Å². The first-order chi connectivity index (χ1) is 10.6. The van der Waals surface area contributed by atoms with E-state index in [-0.39, 0.29) is 30.1 Å². The second-order valence-electron chi connectivity index (χ2n) is 6.09. The lowest BCUT2D eigenvalue weighted by atomic mass is 10.1. The van der Waals surface area contributed by atoms with E-state index in [1.54, 1.807) is 0 Å². The molecule has 1 unspecified atom stereocenters. The summed E-state index contributed by atoms with van der Waals surface area (Å²) < 4.78 is 5.71. The summed E-state index contributed by atoms with van der Waals surface area (Å²) in [5.41, 5.74) is 5.91. The van der Waals surface area contributed by atoms with Crippen molar-refractivity contribution in [3.63, 3.8) is 0 Å². The largest absolute Gasteiger partial charge is 0.377 e. The van der Waals surface area contributed by atoms with Crippen molar-refractivity contribution in [2.45, 2.75) is 64.9 Å². The van der Waals surface area contributed by atoms with Gasteiger partial charge in [0.05, 0.1) is 12.6 Å². The van der Waals surface area contributed by atoms with Crippen molar-refractivity contribution in [2.24, 2.45) is 10.7 Å². The van der Waals surface area contributed by atoms with Gasteiger partial charge in [-0.05, 0) is 33.9 Å². The fourth-order valence-corrected chi connectivity index (χ4v) is 2.24. The highest BCUT2D eigenvalue weighted by molar-refractivity contribution is 14.0. The van der Waals surface area contributed by atoms with E-state index in [9.17, 15) is 0 Å². The third kappa shape index (κ3) is 18.1. The van der Waals surface area contributed by atoms with E-state index in [1.165, 1.54) is 32.1 Å². The Kier molecular flexibility index (Phi) is 20.0. The molecule has 0 fully saturated rings. The Morgan fingerprint density at radius 3 is 2.39 bits per heavy atom. The lowest BCUT2D eigenvalue weighted by Gasteiger charge is -2.18. The Morgan fingerprint density at radius 1 is 1.13 bits per heavy atom. The molecule has 0 aromatic rings. The Morgan fingerprint density at radius 2 is 1.78 bits per heavy atom. The van der Waals surface area contributed by atoms with Crippen LogP contribution in [-0.2, 0) is 4.74 Å². The predicted octanol–water partition coefficient (Wildman–Crippen LogP) is 3.23. The van der Waals surface area contributed by atoms with Crippen LogP contribution in [0.2, 0.25) is 0 Å². The van der Waals surface area contributed by atoms with Gasteiger partial charge in [0.2, 0.25) is 0 Å². The van der Waals surface area contributed by atoms with Crippen LogP contribution in [-0.4, -0.2) is 57.3 Å². The molecule has 0 aromatic carbocycles. The Bertz CT molecular complexity index is 275. The third-order valence-corrected chi connectivity index (χ3v) is 3.60. The van der Waals surface area contributed by atoms with Crippen LogP contribution in [0.4, 0.5) is 0 Å². The Balaban J connectivity index is 0. The van der Waals surface area contributed by atoms with Gasteiger partial charge in [0.15, 0.2) is 5.96 Å². The van der Waals surface area contributed by atoms with Gasteiger partial charge >= 0.3 is 0 Å². The molecule has 3 N–H and O–H groups in total. The van der Waals surface area contributed by atoms with Crippen molar-refractivity contribution >= 4 is 29.9 Å². The van der Waals surface area contributed by atoms with Gasteiger partial charge < -0.3 is 20.7 Å². The number of unbranched alkanes of at least 4 members (excludes halogenated alkanes) is 5. The average Bonchev–Trinajstić information content (AvgIpc) is 2.49. The molecular formula is C17H39IN4O. The van der Waals surface area contributed by atoms with Crippen LogP contribution in [0.3, 0.4) is 0 Å². The summed E-state index contributed by atoms with van der Waals surface area (Å²) in [6.45, 7) is 7.54. The van der Waals surface area contributed by atoms with Gasteiger partial charge in [-0.3, -0.25) is 4.99 Å². The normalized spacial score (nSPS) is 13.0. The molecule has 0 spiro atoms. The second-order valence-corrected chi connectivity index (χ2v) is 6.09. The molecule has 0 aliphatic rings. The van der Waals surface area contributed by atoms with Gasteiger partial charge in [0, 0.05) is 19.7 Å². The fourth-order valence-electron chi connectivity index (χ4n) is 2.24. The maximum atomic E-state index is 5.91. The molecule has 23 heavy (non-hydrogen) atoms. The van der Waals surface area contributed by atoms with Crippen LogP contribution < -0.4 is 11.1 Å². The smallest absolute Gasteiger partial charge is 0.188 e. The summed E-state index contributed by atoms with van der Waals surface area (Å²) in [4.78, 5) is 6.57. The van der Waals surface area contributed by atoms with E-state index < -0.39 is 0 Å². The molecule has 5 nitrogen and oxygen atoms in total. The Labute approximate surface area is 160 Å². The maximum absolute atomic E-state index is 5.91. The molecule has 1 atom stereocenters. The zero-order valence-corrected chi connectivity index (χ0v) is 18.0. The SMILES string of the molecule is CCCCCCCCNC(N)=NCC(CCN(C)C)OCC.I. The minimum absolute atomic E-state index is 0. The van der Waals surface area contributed by atoms with E-state index in [4.69, 9.17) is 10.5 Å². The summed E-state index contributed by atoms with van der Waals surface area (Å²) in [6.07, 6.45) is 8.89. The molecule has 0 aliphatic heterocycles. The number of hydrogen-bond donors (Lipinski definition) is 2. The fraction of sp³-hybridized carbons (Fsp3) is 0.941. The molecule has 0 heterocycles. The van der Waals surface area contributed by atoms with Crippen molar-refractivity contribution in [1.82, 2.24) is 10.2 Å². The summed E-state index contributed by atoms with van der Waals surface area (Å²) in [5.74, 6) is 0.545. The van der Waals surface area contributed by atoms with Crippen LogP contribution in [0.1, 0.15) is 58.8 Å². The highest BCUT2D eigenvalue weighted by atomic mass is 127. The summed E-state index contributed by atoms with van der Waals surface area (Å²) in [5, 5.41) is 3.20. The lowest BCUT2D eigenvalue weighted by Crippen LogP contribution is -2.34. The number of aliphatic imine (C=N–C) groups is 1. The number of hydrogen-bond acceptors (Lipinski definition) is 3. The number of nitrogens with two attached hydrogens (primary N) is 1. The first kappa shape index (κ1) is 25.2. The number of nitrogens with one attached hydrogen (secondary N) is 1. The summed E-state index contributed by atoms with van der Waals surface area (Å²) in [7, 11) is 4.14. The van der Waals surface area contributed by atoms with Crippen molar-refractivity contribution in [1.29, 1.82) is 0 Å². The highest BCUT2D eigenvalue weighted by Gasteiger charge is 2.08. The molecule has 0 aromatic heterocycles. The van der Waals surface area contributed by atoms with Gasteiger partial charge in [-0.2, -0.15) is 0 Å². The minimum atomic E-state index is 0. The number of ether oxygens (including phenoxy) is 1. The number of nitrogens with zero attached hydrogens (tertiary/aromatic N) is 2. The average molecular weight is 442 g/mol. The number of rotatable bonds is 14. The summed E-state index contributed by atoms with van der Waals surface area (Å²) >= 11 is 0. The topological polar surface area (TPSA) is 62.9 Å². The van der Waals surface area contributed by atoms with Crippen LogP contribution in [0, 0.1) is 0 Å². The van der Waals surface area contributed by atoms with Crippen molar-refractivity contribution in [2.75, 3.05) is 40.3 Å². The molecule has 0 saturated heterocycles. The van der Waals surface area contributed by atoms with E-state index in [1.807, 2.05) is 6.92 Å². The highest BCUT2D eigenvalue weighted by Crippen LogP contribution is 2.04. The van der Waals surface area contributed by atoms with Gasteiger partial charge in [-0.15, -0.1) is 24.0 Å². The standard InChI is InChI=1S/C17H38N4O.HI/c1-5-7-8-9-10-11-13-19-17(18)20-15-16(22-6-2)12-14-21(3)4;/h16H,5-15H2,1-4H3,(H3,18,19,20);1H. The molecule has 6 heteroatoms. The van der Waals surface area contributed by atoms with Crippen LogP contribution in [0.5, 0.6) is 0 Å². The zero-order chi connectivity index (χ0) is 16.6. The Hall–Kier alpha value is -0.0800. The summed E-state index contributed by atoms with van der Waals surface area (Å²) in [6, 6.07) is 0. The van der Waals surface area contributed by atoms with Gasteiger partial charge in [-0.1, -0.05) is 39.0 Å². The minimum Gasteiger partial charge on any atom is -0.377 e. The zero-order valence-electron chi connectivity index (χ0n) is 15.6. The lowest BCUT2D eigenvalue weighted by molar-refractivity contribution is 0.0582. The maximum Gasteiger partial charge on any atom is 0.188 e. The van der Waals surface area contributed by atoms with E-state index in [2.05, 4.69) is 36.2 Å². The van der Waals surface area contributed by atoms with E-state index in [0.29, 0.717) is 12.5 Å². The van der Waals surface area contributed by atoms with Crippen LogP contribution in [0.25, 0.3) is 0 Å². The number of halogens is 1. The first-order valence-corrected chi connectivity index (χ1v) is 8.90. The number of guanidine groups is 1. The van der Waals surface area contributed by atoms with Gasteiger partial charge in [0.1, 0.15) is 0 Å². The predicted molar refractivity (Wildman–Crippen MR) is 112 cm³/mol. The van der Waals surface area contributed by atoms with Crippen molar-refractivity contribution < 1.29 is 4.74 Å². The van der Waals surface area contributed by atoms with Gasteiger partial charge in [0.25, 0.3) is 0 Å². The molecule has 0 saturated carbocycles. The third-order valence-electron chi connectivity index (χ3n) is 3.60. The van der Waals surface area contributed by atoms with Gasteiger partial charge in [-0.25, -0.2) is 0 Å². The van der Waals surface area contributed by atoms with Crippen molar-refractivity contribution in [3.05, 3.63) is 0 Å². The molecule has 0 aliphatic carbocycles. The molecule has 0 rings (SSSR count). The second kappa shape index (κ2) is 18.3. The van der Waals surface area contributed by atoms with E-state index in [0.717, 1.165) is 32.5 Å². The monoisotopic (exact) mass is 442 g/mol. The molecule has 0 amide bonds. The van der Waals surface area contributed by atoms with Crippen LogP contribution >= 0.6 is 24.0 Å². The molecule has 0 bridgehead atoms. The van der Waals surface area contributed by atoms with Crippen molar-refractivity contribution in [3.8, 4) is 0 Å². The molecule has 0 radical (unpaired) electrons. The van der Waals surface area contributed by atoms with Crippen LogP contribution in [0.15, 0.2) is 4.99 Å². The molecule has 140 valence electrons.